The number of sulfonamides is 1. The summed E-state index contributed by atoms with van der Waals surface area (Å²) in [5.41, 5.74) is 0.702. The molecule has 10 nitrogen and oxygen atoms in total. The maximum atomic E-state index is 12.5. The number of carbonyl (C=O) groups excluding carboxylic acids is 3. The predicted molar refractivity (Wildman–Crippen MR) is 112 cm³/mol. The van der Waals surface area contributed by atoms with E-state index in [0.29, 0.717) is 11.3 Å². The number of ether oxygens (including phenoxy) is 1. The Balaban J connectivity index is 1.63. The monoisotopic (exact) mass is 459 g/mol. The zero-order valence-electron chi connectivity index (χ0n) is 17.3. The molecule has 0 spiro atoms. The second-order valence-electron chi connectivity index (χ2n) is 6.84. The van der Waals surface area contributed by atoms with Gasteiger partial charge in [0.1, 0.15) is 11.5 Å². The molecule has 0 atom stereocenters. The Morgan fingerprint density at radius 1 is 1.12 bits per heavy atom. The topological polar surface area (TPSA) is 137 Å². The number of esters is 1. The Morgan fingerprint density at radius 3 is 2.56 bits per heavy atom. The van der Waals surface area contributed by atoms with Gasteiger partial charge < -0.3 is 13.7 Å². The van der Waals surface area contributed by atoms with Crippen molar-refractivity contribution in [1.29, 1.82) is 0 Å². The highest BCUT2D eigenvalue weighted by Gasteiger charge is 2.20. The third-order valence-corrected chi connectivity index (χ3v) is 5.92. The first-order valence-electron chi connectivity index (χ1n) is 9.42. The first-order chi connectivity index (χ1) is 15.2. The molecule has 0 saturated heterocycles. The molecule has 168 valence electrons. The highest BCUT2D eigenvalue weighted by molar-refractivity contribution is 7.89. The number of hydrogen-bond acceptors (Lipinski definition) is 7. The summed E-state index contributed by atoms with van der Waals surface area (Å²) in [7, 11) is -2.28. The number of nitrogens with zero attached hydrogens (tertiary/aromatic N) is 1. The van der Waals surface area contributed by atoms with Gasteiger partial charge in [-0.2, -0.15) is 0 Å². The standard InChI is InChI=1S/C21H21N3O7S/c1-14-7-8-16(32(28,29)22-12-15-5-4-10-30-15)11-17(14)21(27)31-13-19(25)23-20(26)18-6-3-9-24(18)2/h3-11,22H,12-13H2,1-2H3,(H,23,25,26). The van der Waals surface area contributed by atoms with Gasteiger partial charge in [0.25, 0.3) is 11.8 Å². The zero-order valence-corrected chi connectivity index (χ0v) is 18.1. The van der Waals surface area contributed by atoms with Crippen LogP contribution < -0.4 is 10.0 Å². The fraction of sp³-hybridized carbons (Fsp3) is 0.190. The van der Waals surface area contributed by atoms with E-state index in [1.54, 1.807) is 38.4 Å². The van der Waals surface area contributed by atoms with Crippen LogP contribution in [0.4, 0.5) is 0 Å². The van der Waals surface area contributed by atoms with Crippen molar-refractivity contribution in [2.45, 2.75) is 18.4 Å². The van der Waals surface area contributed by atoms with E-state index in [1.165, 1.54) is 29.0 Å². The quantitative estimate of drug-likeness (QED) is 0.487. The van der Waals surface area contributed by atoms with Gasteiger partial charge in [-0.25, -0.2) is 17.9 Å². The average molecular weight is 459 g/mol. The third kappa shape index (κ3) is 5.50. The number of aromatic nitrogens is 1. The molecule has 0 aliphatic rings. The van der Waals surface area contributed by atoms with E-state index in [0.717, 1.165) is 6.07 Å². The lowest BCUT2D eigenvalue weighted by atomic mass is 10.1. The van der Waals surface area contributed by atoms with Crippen molar-refractivity contribution in [2.24, 2.45) is 7.05 Å². The van der Waals surface area contributed by atoms with E-state index < -0.39 is 34.4 Å². The number of aryl methyl sites for hydroxylation is 2. The van der Waals surface area contributed by atoms with Crippen LogP contribution in [-0.2, 0) is 33.1 Å². The molecule has 32 heavy (non-hydrogen) atoms. The minimum atomic E-state index is -3.93. The van der Waals surface area contributed by atoms with Crippen LogP contribution in [-0.4, -0.2) is 37.4 Å². The smallest absolute Gasteiger partial charge is 0.338 e. The molecule has 0 unspecified atom stereocenters. The van der Waals surface area contributed by atoms with Crippen LogP contribution in [0, 0.1) is 6.92 Å². The molecular weight excluding hydrogens is 438 g/mol. The summed E-state index contributed by atoms with van der Waals surface area (Å²) in [4.78, 5) is 36.3. The molecule has 0 aliphatic heterocycles. The molecule has 0 bridgehead atoms. The van der Waals surface area contributed by atoms with Crippen LogP contribution in [0.25, 0.3) is 0 Å². The number of imide groups is 1. The maximum Gasteiger partial charge on any atom is 0.338 e. The van der Waals surface area contributed by atoms with Gasteiger partial charge in [-0.15, -0.1) is 0 Å². The average Bonchev–Trinajstić information content (AvgIpc) is 3.42. The van der Waals surface area contributed by atoms with Crippen LogP contribution in [0.1, 0.15) is 32.2 Å². The van der Waals surface area contributed by atoms with E-state index in [1.807, 2.05) is 0 Å². The lowest BCUT2D eigenvalue weighted by Gasteiger charge is -2.10. The van der Waals surface area contributed by atoms with Crippen LogP contribution in [0.5, 0.6) is 0 Å². The van der Waals surface area contributed by atoms with Gasteiger partial charge in [-0.05, 0) is 48.9 Å². The Morgan fingerprint density at radius 2 is 1.91 bits per heavy atom. The van der Waals surface area contributed by atoms with Crippen molar-refractivity contribution >= 4 is 27.8 Å². The molecule has 0 saturated carbocycles. The Labute approximate surface area is 184 Å². The summed E-state index contributed by atoms with van der Waals surface area (Å²) >= 11 is 0. The molecule has 0 radical (unpaired) electrons. The van der Waals surface area contributed by atoms with Crippen molar-refractivity contribution < 1.29 is 32.0 Å². The summed E-state index contributed by atoms with van der Waals surface area (Å²) < 4.78 is 39.0. The van der Waals surface area contributed by atoms with Crippen molar-refractivity contribution in [1.82, 2.24) is 14.6 Å². The van der Waals surface area contributed by atoms with Gasteiger partial charge in [0.05, 0.1) is 23.3 Å². The number of carbonyl (C=O) groups is 3. The largest absolute Gasteiger partial charge is 0.468 e. The molecule has 2 amide bonds. The summed E-state index contributed by atoms with van der Waals surface area (Å²) in [6.07, 6.45) is 3.07. The van der Waals surface area contributed by atoms with Gasteiger partial charge in [0.15, 0.2) is 6.61 Å². The van der Waals surface area contributed by atoms with E-state index in [9.17, 15) is 22.8 Å². The first-order valence-corrected chi connectivity index (χ1v) is 10.9. The second kappa shape index (κ2) is 9.62. The minimum Gasteiger partial charge on any atom is -0.468 e. The van der Waals surface area contributed by atoms with Crippen LogP contribution >= 0.6 is 0 Å². The molecule has 1 aromatic carbocycles. The van der Waals surface area contributed by atoms with Gasteiger partial charge in [0, 0.05) is 13.2 Å². The minimum absolute atomic E-state index is 0.0209. The summed E-state index contributed by atoms with van der Waals surface area (Å²) in [6, 6.07) is 10.4. The van der Waals surface area contributed by atoms with Crippen molar-refractivity contribution in [3.8, 4) is 0 Å². The number of furan rings is 1. The highest BCUT2D eigenvalue weighted by atomic mass is 32.2. The number of hydrogen-bond donors (Lipinski definition) is 2. The number of nitrogens with one attached hydrogen (secondary N) is 2. The fourth-order valence-corrected chi connectivity index (χ4v) is 3.80. The zero-order chi connectivity index (χ0) is 23.3. The van der Waals surface area contributed by atoms with Crippen molar-refractivity contribution in [3.05, 3.63) is 77.5 Å². The fourth-order valence-electron chi connectivity index (χ4n) is 2.78. The van der Waals surface area contributed by atoms with Crippen LogP contribution in [0.3, 0.4) is 0 Å². The lowest BCUT2D eigenvalue weighted by Crippen LogP contribution is -2.35. The molecule has 3 aromatic rings. The molecule has 2 N–H and O–H groups in total. The molecule has 0 aliphatic carbocycles. The van der Waals surface area contributed by atoms with Crippen molar-refractivity contribution in [3.63, 3.8) is 0 Å². The van der Waals surface area contributed by atoms with E-state index >= 15 is 0 Å². The second-order valence-corrected chi connectivity index (χ2v) is 8.61. The highest BCUT2D eigenvalue weighted by Crippen LogP contribution is 2.17. The summed E-state index contributed by atoms with van der Waals surface area (Å²) in [5.74, 6) is -1.92. The van der Waals surface area contributed by atoms with Crippen LogP contribution in [0.15, 0.2) is 64.2 Å². The Bertz CT molecular complexity index is 1240. The lowest BCUT2D eigenvalue weighted by molar-refractivity contribution is -0.123. The Hall–Kier alpha value is -3.70. The van der Waals surface area contributed by atoms with Crippen LogP contribution in [0.2, 0.25) is 0 Å². The molecule has 0 fully saturated rings. The number of benzene rings is 1. The predicted octanol–water partition coefficient (Wildman–Crippen LogP) is 1.52. The van der Waals surface area contributed by atoms with E-state index in [-0.39, 0.29) is 22.7 Å². The molecular formula is C21H21N3O7S. The molecule has 11 heteroatoms. The van der Waals surface area contributed by atoms with Gasteiger partial charge in [0.2, 0.25) is 10.0 Å². The van der Waals surface area contributed by atoms with E-state index in [2.05, 4.69) is 10.0 Å². The van der Waals surface area contributed by atoms with Crippen molar-refractivity contribution in [2.75, 3.05) is 6.61 Å². The Kier molecular flexibility index (Phi) is 6.91. The number of amides is 2. The summed E-state index contributed by atoms with van der Waals surface area (Å²) in [5, 5.41) is 2.12. The van der Waals surface area contributed by atoms with Gasteiger partial charge in [-0.1, -0.05) is 6.07 Å². The maximum absolute atomic E-state index is 12.5. The molecule has 3 rings (SSSR count). The van der Waals surface area contributed by atoms with Gasteiger partial charge in [-0.3, -0.25) is 14.9 Å². The SMILES string of the molecule is Cc1ccc(S(=O)(=O)NCc2ccco2)cc1C(=O)OCC(=O)NC(=O)c1cccn1C. The number of rotatable bonds is 8. The molecule has 2 aromatic heterocycles. The third-order valence-electron chi connectivity index (χ3n) is 4.52. The van der Waals surface area contributed by atoms with Gasteiger partial charge >= 0.3 is 5.97 Å². The summed E-state index contributed by atoms with van der Waals surface area (Å²) in [6.45, 7) is 0.836. The molecule has 2 heterocycles. The first kappa shape index (κ1) is 23.0. The normalized spacial score (nSPS) is 11.2. The van der Waals surface area contributed by atoms with E-state index in [4.69, 9.17) is 9.15 Å².